The number of hydrazone groups is 1. The smallest absolute Gasteiger partial charge is 0.550 e. The third-order valence-electron chi connectivity index (χ3n) is 2.71. The van der Waals surface area contributed by atoms with Crippen LogP contribution in [-0.2, 0) is 9.59 Å². The number of fused-ring (bicyclic) bond motifs is 1. The molecule has 0 aliphatic carbocycles. The topological polar surface area (TPSA) is 118 Å². The fourth-order valence-corrected chi connectivity index (χ4v) is 1.68. The maximum absolute atomic E-state index is 10.8. The van der Waals surface area contributed by atoms with Gasteiger partial charge in [0.15, 0.2) is 0 Å². The number of hydrogen-bond donors (Lipinski definition) is 1. The summed E-state index contributed by atoms with van der Waals surface area (Å²) in [5, 5.41) is 25.7. The number of nitrogens with zero attached hydrogens (tertiary/aromatic N) is 2. The van der Waals surface area contributed by atoms with Crippen LogP contribution in [0.4, 0.5) is 5.82 Å². The molecule has 0 spiro atoms. The number of anilines is 1. The normalized spacial score (nSPS) is 10.3. The Kier molecular flexibility index (Phi) is 10.3. The second-order valence-corrected chi connectivity index (χ2v) is 4.22. The summed E-state index contributed by atoms with van der Waals surface area (Å²) in [5.74, 6) is -2.54. The first-order valence-corrected chi connectivity index (χ1v) is 6.16. The van der Waals surface area contributed by atoms with Crippen molar-refractivity contribution in [3.8, 4) is 0 Å². The number of para-hydroxylation sites is 1. The van der Waals surface area contributed by atoms with Crippen LogP contribution in [0.2, 0.25) is 0 Å². The zero-order chi connectivity index (χ0) is 15.2. The predicted molar refractivity (Wildman–Crippen MR) is 72.0 cm³/mol. The Morgan fingerprint density at radius 1 is 1.04 bits per heavy atom. The zero-order valence-corrected chi connectivity index (χ0v) is 16.9. The largest absolute Gasteiger partial charge is 1.00 e. The van der Waals surface area contributed by atoms with Gasteiger partial charge in [0.05, 0.1) is 17.2 Å². The van der Waals surface area contributed by atoms with Crippen LogP contribution >= 0.6 is 0 Å². The summed E-state index contributed by atoms with van der Waals surface area (Å²) < 4.78 is 0. The summed E-state index contributed by atoms with van der Waals surface area (Å²) >= 11 is 0. The van der Waals surface area contributed by atoms with Gasteiger partial charge in [0.25, 0.3) is 0 Å². The van der Waals surface area contributed by atoms with Crippen LogP contribution in [-0.4, -0.2) is 22.6 Å². The first kappa shape index (κ1) is 22.0. The first-order valence-electron chi connectivity index (χ1n) is 6.16. The number of nitrogens with one attached hydrogen (secondary N) is 1. The molecular formula is C14H11N3Na2O4. The molecule has 0 atom stereocenters. The molecule has 7 nitrogen and oxygen atoms in total. The van der Waals surface area contributed by atoms with E-state index in [1.807, 2.05) is 18.2 Å². The fraction of sp³-hybridized carbons (Fsp3) is 0.143. The predicted octanol–water partition coefficient (Wildman–Crippen LogP) is -6.71. The summed E-state index contributed by atoms with van der Waals surface area (Å²) in [7, 11) is 0. The van der Waals surface area contributed by atoms with Gasteiger partial charge in [0.1, 0.15) is 5.82 Å². The van der Waals surface area contributed by atoms with Crippen LogP contribution < -0.4 is 74.8 Å². The molecule has 0 unspecified atom stereocenters. The molecular weight excluding hydrogens is 320 g/mol. The number of benzene rings is 1. The maximum Gasteiger partial charge on any atom is 1.00 e. The summed E-state index contributed by atoms with van der Waals surface area (Å²) in [6.07, 6.45) is -0.731. The number of pyridine rings is 1. The molecule has 0 aliphatic heterocycles. The minimum atomic E-state index is -1.54. The van der Waals surface area contributed by atoms with Crippen molar-refractivity contribution in [1.82, 2.24) is 4.98 Å². The average molecular weight is 331 g/mol. The maximum atomic E-state index is 10.8. The Morgan fingerprint density at radius 2 is 1.74 bits per heavy atom. The van der Waals surface area contributed by atoms with Crippen molar-refractivity contribution < 1.29 is 78.9 Å². The van der Waals surface area contributed by atoms with Gasteiger partial charge in [-0.3, -0.25) is 5.43 Å². The summed E-state index contributed by atoms with van der Waals surface area (Å²) in [6, 6.07) is 10.8. The molecule has 0 bridgehead atoms. The fourth-order valence-electron chi connectivity index (χ4n) is 1.68. The van der Waals surface area contributed by atoms with Crippen molar-refractivity contribution in [2.45, 2.75) is 12.8 Å². The number of carboxylic acid groups (broad SMARTS) is 2. The third kappa shape index (κ3) is 6.99. The number of carboxylic acids is 2. The molecule has 2 aromatic rings. The van der Waals surface area contributed by atoms with Crippen molar-refractivity contribution >= 4 is 34.4 Å². The van der Waals surface area contributed by atoms with Crippen molar-refractivity contribution in [3.63, 3.8) is 0 Å². The van der Waals surface area contributed by atoms with E-state index in [1.165, 1.54) is 0 Å². The molecule has 0 saturated heterocycles. The molecule has 23 heavy (non-hydrogen) atoms. The van der Waals surface area contributed by atoms with Crippen molar-refractivity contribution in [2.24, 2.45) is 5.10 Å². The summed E-state index contributed by atoms with van der Waals surface area (Å²) in [6.45, 7) is 0. The van der Waals surface area contributed by atoms with Gasteiger partial charge in [-0.25, -0.2) is 4.98 Å². The SMILES string of the molecule is O=C([O-])CCC(=NNc1ccc2ccccc2n1)C(=O)[O-].[Na+].[Na+]. The van der Waals surface area contributed by atoms with E-state index in [0.717, 1.165) is 10.9 Å². The molecule has 9 heteroatoms. The van der Waals surface area contributed by atoms with Crippen LogP contribution in [0.5, 0.6) is 0 Å². The van der Waals surface area contributed by atoms with Crippen LogP contribution in [0, 0.1) is 0 Å². The molecule has 1 aromatic heterocycles. The minimum Gasteiger partial charge on any atom is -0.550 e. The Hall–Kier alpha value is -0.960. The van der Waals surface area contributed by atoms with Gasteiger partial charge < -0.3 is 19.8 Å². The molecule has 0 fully saturated rings. The van der Waals surface area contributed by atoms with Crippen molar-refractivity contribution in [2.75, 3.05) is 5.43 Å². The minimum absolute atomic E-state index is 0. The quantitative estimate of drug-likeness (QED) is 0.319. The van der Waals surface area contributed by atoms with Crippen LogP contribution in [0.15, 0.2) is 41.5 Å². The van der Waals surface area contributed by atoms with Gasteiger partial charge in [0, 0.05) is 11.4 Å². The van der Waals surface area contributed by atoms with E-state index in [9.17, 15) is 19.8 Å². The van der Waals surface area contributed by atoms with Crippen molar-refractivity contribution in [1.29, 1.82) is 0 Å². The standard InChI is InChI=1S/C14H13N3O4.2Na/c18-13(19)8-6-11(14(20)21)16-17-12-7-5-9-3-1-2-4-10(9)15-12;;/h1-5,7H,6,8H2,(H,15,17)(H,18,19)(H,20,21);;/q;2*+1/p-2. The molecule has 0 saturated carbocycles. The monoisotopic (exact) mass is 331 g/mol. The van der Waals surface area contributed by atoms with Gasteiger partial charge in [-0.1, -0.05) is 18.2 Å². The average Bonchev–Trinajstić information content (AvgIpc) is 2.46. The molecule has 0 radical (unpaired) electrons. The van der Waals surface area contributed by atoms with Gasteiger partial charge in [0.2, 0.25) is 0 Å². The van der Waals surface area contributed by atoms with Crippen LogP contribution in [0.3, 0.4) is 0 Å². The van der Waals surface area contributed by atoms with Gasteiger partial charge in [-0.2, -0.15) is 5.10 Å². The van der Waals surface area contributed by atoms with Gasteiger partial charge in [-0.05, 0) is 31.0 Å². The van der Waals surface area contributed by atoms with Crippen LogP contribution in [0.25, 0.3) is 10.9 Å². The molecule has 1 aromatic carbocycles. The second-order valence-electron chi connectivity index (χ2n) is 4.22. The number of carbonyl (C=O) groups excluding carboxylic acids is 2. The first-order chi connectivity index (χ1) is 10.1. The number of aliphatic carboxylic acids is 2. The molecule has 1 N–H and O–H groups in total. The molecule has 1 heterocycles. The Balaban J connectivity index is 0.00000242. The van der Waals surface area contributed by atoms with Crippen molar-refractivity contribution in [3.05, 3.63) is 36.4 Å². The second kappa shape index (κ2) is 10.7. The number of hydrogen-bond acceptors (Lipinski definition) is 7. The van der Waals surface area contributed by atoms with E-state index in [0.29, 0.717) is 5.82 Å². The van der Waals surface area contributed by atoms with Crippen LogP contribution in [0.1, 0.15) is 12.8 Å². The Bertz CT molecular complexity index is 722. The molecule has 108 valence electrons. The number of aromatic nitrogens is 1. The Morgan fingerprint density at radius 3 is 2.39 bits per heavy atom. The van der Waals surface area contributed by atoms with E-state index < -0.39 is 24.1 Å². The third-order valence-corrected chi connectivity index (χ3v) is 2.71. The van der Waals surface area contributed by atoms with E-state index in [-0.39, 0.29) is 65.5 Å². The molecule has 0 aliphatic rings. The van der Waals surface area contributed by atoms with Gasteiger partial charge >= 0.3 is 59.1 Å². The molecule has 0 amide bonds. The number of carbonyl (C=O) groups is 2. The van der Waals surface area contributed by atoms with Gasteiger partial charge in [-0.15, -0.1) is 0 Å². The number of rotatable bonds is 6. The summed E-state index contributed by atoms with van der Waals surface area (Å²) in [4.78, 5) is 25.4. The van der Waals surface area contributed by atoms with E-state index in [2.05, 4.69) is 15.5 Å². The van der Waals surface area contributed by atoms with E-state index in [4.69, 9.17) is 0 Å². The van der Waals surface area contributed by atoms with E-state index in [1.54, 1.807) is 18.2 Å². The van der Waals surface area contributed by atoms with E-state index >= 15 is 0 Å². The molecule has 2 rings (SSSR count). The summed E-state index contributed by atoms with van der Waals surface area (Å²) in [5.41, 5.74) is 2.80. The zero-order valence-electron chi connectivity index (χ0n) is 12.9. The Labute approximate surface area is 176 Å².